The van der Waals surface area contributed by atoms with Gasteiger partial charge in [0.1, 0.15) is 11.7 Å². The highest BCUT2D eigenvalue weighted by Crippen LogP contribution is 2.44. The summed E-state index contributed by atoms with van der Waals surface area (Å²) in [6.45, 7) is 1.93. The minimum Gasteiger partial charge on any atom is -0.469 e. The normalized spacial score (nSPS) is 20.9. The second kappa shape index (κ2) is 8.72. The Labute approximate surface area is 179 Å². The van der Waals surface area contributed by atoms with Gasteiger partial charge in [-0.05, 0) is 43.5 Å². The lowest BCUT2D eigenvalue weighted by molar-refractivity contribution is -0.116. The molecule has 1 aliphatic heterocycles. The van der Waals surface area contributed by atoms with E-state index in [0.29, 0.717) is 29.2 Å². The number of hydrogen-bond donors (Lipinski definition) is 1. The molecule has 0 spiro atoms. The van der Waals surface area contributed by atoms with E-state index in [1.54, 1.807) is 18.4 Å². The highest BCUT2D eigenvalue weighted by atomic mass is 32.2. The minimum absolute atomic E-state index is 0.0306. The van der Waals surface area contributed by atoms with Crippen LogP contribution >= 0.6 is 11.8 Å². The first-order valence-corrected chi connectivity index (χ1v) is 10.8. The van der Waals surface area contributed by atoms with E-state index in [4.69, 9.17) is 4.42 Å². The lowest BCUT2D eigenvalue weighted by atomic mass is 9.76. The number of nitrogens with zero attached hydrogens (tertiary/aromatic N) is 2. The first kappa shape index (κ1) is 20.2. The van der Waals surface area contributed by atoms with Crippen molar-refractivity contribution in [3.05, 3.63) is 65.3 Å². The third kappa shape index (κ3) is 3.96. The lowest BCUT2D eigenvalue weighted by Crippen LogP contribution is -2.31. The zero-order valence-corrected chi connectivity index (χ0v) is 17.4. The van der Waals surface area contributed by atoms with Crippen molar-refractivity contribution in [2.24, 2.45) is 10.9 Å². The number of hydrogen-bond acceptors (Lipinski definition) is 6. The molecule has 2 atom stereocenters. The molecule has 1 unspecified atom stereocenters. The fraction of sp³-hybridized carbons (Fsp3) is 0.304. The van der Waals surface area contributed by atoms with Crippen LogP contribution in [-0.4, -0.2) is 22.5 Å². The van der Waals surface area contributed by atoms with E-state index in [2.05, 4.69) is 16.4 Å². The highest BCUT2D eigenvalue weighted by Gasteiger charge is 2.42. The van der Waals surface area contributed by atoms with E-state index in [-0.39, 0.29) is 17.4 Å². The molecule has 7 heteroatoms. The van der Waals surface area contributed by atoms with E-state index >= 15 is 0 Å². The molecule has 0 radical (unpaired) electrons. The number of amides is 1. The third-order valence-corrected chi connectivity index (χ3v) is 6.39. The summed E-state index contributed by atoms with van der Waals surface area (Å²) in [5.41, 5.74) is 3.06. The summed E-state index contributed by atoms with van der Waals surface area (Å²) in [6.07, 6.45) is 3.45. The van der Waals surface area contributed by atoms with Crippen LogP contribution in [0.25, 0.3) is 0 Å². The number of allylic oxidation sites excluding steroid dienone is 2. The van der Waals surface area contributed by atoms with Crippen LogP contribution in [0.4, 0.5) is 5.69 Å². The summed E-state index contributed by atoms with van der Waals surface area (Å²) < 4.78 is 5.59. The molecule has 1 aromatic heterocycles. The van der Waals surface area contributed by atoms with Crippen LogP contribution in [0.2, 0.25) is 0 Å². The maximum atomic E-state index is 12.7. The fourth-order valence-electron chi connectivity index (χ4n) is 3.89. The van der Waals surface area contributed by atoms with Crippen LogP contribution in [0.3, 0.4) is 0 Å². The van der Waals surface area contributed by atoms with Crippen molar-refractivity contribution in [2.45, 2.75) is 32.1 Å². The largest absolute Gasteiger partial charge is 0.469 e. The van der Waals surface area contributed by atoms with E-state index in [1.807, 2.05) is 31.2 Å². The number of anilines is 1. The Morgan fingerprint density at radius 2 is 2.13 bits per heavy atom. The quantitative estimate of drug-likeness (QED) is 0.781. The predicted octanol–water partition coefficient (Wildman–Crippen LogP) is 4.60. The SMILES string of the molecule is Cc1ccccc1NC(=O)CSC1=NC2=C(C(=O)CCC2)[C@@H](c2ccco2)C1C#N. The number of aliphatic imine (C=N–C) groups is 1. The Hall–Kier alpha value is -3.11. The van der Waals surface area contributed by atoms with Gasteiger partial charge in [0.25, 0.3) is 0 Å². The van der Waals surface area contributed by atoms with Crippen LogP contribution in [0.5, 0.6) is 0 Å². The van der Waals surface area contributed by atoms with Crippen molar-refractivity contribution in [1.82, 2.24) is 0 Å². The minimum atomic E-state index is -0.659. The van der Waals surface area contributed by atoms with Crippen molar-refractivity contribution in [1.29, 1.82) is 5.26 Å². The summed E-state index contributed by atoms with van der Waals surface area (Å²) in [4.78, 5) is 29.8. The van der Waals surface area contributed by atoms with Gasteiger partial charge >= 0.3 is 0 Å². The molecule has 2 aromatic rings. The van der Waals surface area contributed by atoms with Crippen LogP contribution < -0.4 is 5.32 Å². The van der Waals surface area contributed by atoms with Gasteiger partial charge in [-0.2, -0.15) is 5.26 Å². The van der Waals surface area contributed by atoms with Crippen molar-refractivity contribution in [3.63, 3.8) is 0 Å². The first-order valence-electron chi connectivity index (χ1n) is 9.84. The number of Topliss-reactive ketones (excluding diaryl/α,β-unsaturated/α-hetero) is 1. The Morgan fingerprint density at radius 1 is 1.30 bits per heavy atom. The molecule has 152 valence electrons. The molecule has 2 heterocycles. The molecule has 0 saturated heterocycles. The zero-order chi connectivity index (χ0) is 21.1. The Balaban J connectivity index is 1.58. The van der Waals surface area contributed by atoms with Crippen molar-refractivity contribution < 1.29 is 14.0 Å². The highest BCUT2D eigenvalue weighted by molar-refractivity contribution is 8.14. The summed E-state index contributed by atoms with van der Waals surface area (Å²) >= 11 is 1.25. The topological polar surface area (TPSA) is 95.5 Å². The lowest BCUT2D eigenvalue weighted by Gasteiger charge is -2.31. The molecular weight excluding hydrogens is 398 g/mol. The number of furan rings is 1. The number of rotatable bonds is 4. The average Bonchev–Trinajstić information content (AvgIpc) is 3.27. The smallest absolute Gasteiger partial charge is 0.234 e. The number of carbonyl (C=O) groups excluding carboxylic acids is 2. The number of nitrogens with one attached hydrogen (secondary N) is 1. The molecule has 0 saturated carbocycles. The molecule has 1 amide bonds. The first-order chi connectivity index (χ1) is 14.6. The van der Waals surface area contributed by atoms with Gasteiger partial charge in [0.05, 0.1) is 29.0 Å². The van der Waals surface area contributed by atoms with E-state index in [9.17, 15) is 14.9 Å². The molecule has 0 fully saturated rings. The molecule has 4 rings (SSSR count). The fourth-order valence-corrected chi connectivity index (χ4v) is 4.79. The van der Waals surface area contributed by atoms with Gasteiger partial charge < -0.3 is 9.73 Å². The Bertz CT molecular complexity index is 1080. The summed E-state index contributed by atoms with van der Waals surface area (Å²) in [6, 6.07) is 13.4. The standard InChI is InChI=1S/C23H21N3O3S/c1-14-6-2-3-7-16(14)25-20(28)13-30-23-15(12-24)21(19-10-5-11-29-19)22-17(26-23)8-4-9-18(22)27/h2-3,5-7,10-11,15,21H,4,8-9,13H2,1H3,(H,25,28)/t15?,21-/m1/s1. The van der Waals surface area contributed by atoms with Crippen molar-refractivity contribution in [2.75, 3.05) is 11.1 Å². The number of carbonyl (C=O) groups is 2. The molecule has 1 N–H and O–H groups in total. The summed E-state index contributed by atoms with van der Waals surface area (Å²) in [7, 11) is 0. The number of ketones is 1. The number of benzene rings is 1. The van der Waals surface area contributed by atoms with Crippen molar-refractivity contribution in [3.8, 4) is 6.07 Å². The number of thioether (sulfide) groups is 1. The van der Waals surface area contributed by atoms with Gasteiger partial charge in [-0.25, -0.2) is 4.99 Å². The third-order valence-electron chi connectivity index (χ3n) is 5.34. The molecular formula is C23H21N3O3S. The predicted molar refractivity (Wildman–Crippen MR) is 116 cm³/mol. The second-order valence-electron chi connectivity index (χ2n) is 7.34. The van der Waals surface area contributed by atoms with Gasteiger partial charge in [-0.15, -0.1) is 0 Å². The number of nitriles is 1. The Morgan fingerprint density at radius 3 is 2.87 bits per heavy atom. The maximum absolute atomic E-state index is 12.7. The second-order valence-corrected chi connectivity index (χ2v) is 8.33. The van der Waals surface area contributed by atoms with Gasteiger partial charge in [0.15, 0.2) is 5.78 Å². The van der Waals surface area contributed by atoms with Gasteiger partial charge in [0.2, 0.25) is 5.91 Å². The summed E-state index contributed by atoms with van der Waals surface area (Å²) in [5.74, 6) is -0.555. The van der Waals surface area contributed by atoms with Crippen LogP contribution in [0.15, 0.2) is 63.3 Å². The molecule has 1 aromatic carbocycles. The molecule has 30 heavy (non-hydrogen) atoms. The molecule has 0 bridgehead atoms. The van der Waals surface area contributed by atoms with Crippen molar-refractivity contribution >= 4 is 34.2 Å². The van der Waals surface area contributed by atoms with Gasteiger partial charge in [-0.1, -0.05) is 30.0 Å². The monoisotopic (exact) mass is 419 g/mol. The average molecular weight is 420 g/mol. The molecule has 1 aliphatic carbocycles. The molecule has 6 nitrogen and oxygen atoms in total. The van der Waals surface area contributed by atoms with E-state index < -0.39 is 11.8 Å². The van der Waals surface area contributed by atoms with Gasteiger partial charge in [-0.3, -0.25) is 9.59 Å². The van der Waals surface area contributed by atoms with Crippen LogP contribution in [-0.2, 0) is 9.59 Å². The van der Waals surface area contributed by atoms with E-state index in [1.165, 1.54) is 11.8 Å². The maximum Gasteiger partial charge on any atom is 0.234 e. The molecule has 2 aliphatic rings. The zero-order valence-electron chi connectivity index (χ0n) is 16.6. The Kier molecular flexibility index (Phi) is 5.86. The van der Waals surface area contributed by atoms with Crippen LogP contribution in [0.1, 0.15) is 36.5 Å². The van der Waals surface area contributed by atoms with Crippen LogP contribution in [0, 0.1) is 24.2 Å². The van der Waals surface area contributed by atoms with E-state index in [0.717, 1.165) is 23.4 Å². The summed E-state index contributed by atoms with van der Waals surface area (Å²) in [5, 5.41) is 13.4. The van der Waals surface area contributed by atoms with Gasteiger partial charge in [0, 0.05) is 23.4 Å². The number of aryl methyl sites for hydroxylation is 1. The number of para-hydroxylation sites is 1.